The second-order valence-electron chi connectivity index (χ2n) is 6.86. The molecule has 2 aromatic rings. The van der Waals surface area contributed by atoms with E-state index >= 15 is 0 Å². The fourth-order valence-corrected chi connectivity index (χ4v) is 4.60. The number of aryl methyl sites for hydroxylation is 2. The van der Waals surface area contributed by atoms with Gasteiger partial charge in [0.25, 0.3) is 5.91 Å². The molecule has 1 aliphatic heterocycles. The predicted molar refractivity (Wildman–Crippen MR) is 99.3 cm³/mol. The van der Waals surface area contributed by atoms with Crippen molar-refractivity contribution in [3.05, 3.63) is 22.2 Å². The first-order chi connectivity index (χ1) is 12.5. The molecule has 8 heteroatoms. The fraction of sp³-hybridized carbons (Fsp3) is 0.444. The summed E-state index contributed by atoms with van der Waals surface area (Å²) in [5, 5.41) is 8.28. The lowest BCUT2D eigenvalue weighted by atomic mass is 9.93. The molecule has 0 radical (unpaired) electrons. The number of nitrogens with one attached hydrogen (secondary N) is 2. The predicted octanol–water partition coefficient (Wildman–Crippen LogP) is 2.36. The van der Waals surface area contributed by atoms with Gasteiger partial charge in [0.2, 0.25) is 5.91 Å². The first-order valence-corrected chi connectivity index (χ1v) is 9.64. The Balaban J connectivity index is 1.66. The summed E-state index contributed by atoms with van der Waals surface area (Å²) in [7, 11) is 0. The maximum Gasteiger partial charge on any atom is 0.325 e. The molecule has 7 nitrogen and oxygen atoms in total. The number of fused-ring (bicyclic) bond motifs is 2. The van der Waals surface area contributed by atoms with Gasteiger partial charge in [-0.3, -0.25) is 14.9 Å². The highest BCUT2D eigenvalue weighted by Gasteiger charge is 2.36. The van der Waals surface area contributed by atoms with Gasteiger partial charge in [-0.15, -0.1) is 11.3 Å². The number of thiophene rings is 1. The van der Waals surface area contributed by atoms with E-state index in [2.05, 4.69) is 10.6 Å². The van der Waals surface area contributed by atoms with Crippen molar-refractivity contribution in [2.45, 2.75) is 45.6 Å². The quantitative estimate of drug-likeness (QED) is 0.809. The van der Waals surface area contributed by atoms with Crippen LogP contribution in [0.4, 0.5) is 10.5 Å². The van der Waals surface area contributed by atoms with Crippen LogP contribution in [0.25, 0.3) is 10.2 Å². The zero-order valence-corrected chi connectivity index (χ0v) is 15.5. The summed E-state index contributed by atoms with van der Waals surface area (Å²) in [6, 6.07) is -1.16. The van der Waals surface area contributed by atoms with Crippen LogP contribution in [-0.4, -0.2) is 40.3 Å². The molecule has 136 valence electrons. The molecule has 1 saturated heterocycles. The summed E-state index contributed by atoms with van der Waals surface area (Å²) in [4.78, 5) is 43.1. The molecule has 1 aliphatic carbocycles. The van der Waals surface area contributed by atoms with Crippen LogP contribution in [0, 0.1) is 6.92 Å². The number of pyridine rings is 1. The minimum absolute atomic E-state index is 0.152. The van der Waals surface area contributed by atoms with Crippen LogP contribution in [-0.2, 0) is 22.4 Å². The highest BCUT2D eigenvalue weighted by molar-refractivity contribution is 7.17. The Kier molecular flexibility index (Phi) is 4.14. The van der Waals surface area contributed by atoms with E-state index in [-0.39, 0.29) is 18.4 Å². The SMILES string of the molecule is Cc1csc2nc3c(c(NC(=O)CN4C(=O)NC(=O)C4C)c12)CCCC3. The Morgan fingerprint density at radius 2 is 2.15 bits per heavy atom. The molecule has 2 aromatic heterocycles. The minimum atomic E-state index is -0.637. The Bertz CT molecular complexity index is 936. The van der Waals surface area contributed by atoms with Gasteiger partial charge in [0.05, 0.1) is 5.69 Å². The minimum Gasteiger partial charge on any atom is -0.324 e. The number of rotatable bonds is 3. The smallest absolute Gasteiger partial charge is 0.324 e. The average molecular weight is 372 g/mol. The molecular weight excluding hydrogens is 352 g/mol. The van der Waals surface area contributed by atoms with Crippen LogP contribution in [0.1, 0.15) is 36.6 Å². The molecule has 4 rings (SSSR count). The van der Waals surface area contributed by atoms with Crippen molar-refractivity contribution in [3.8, 4) is 0 Å². The van der Waals surface area contributed by atoms with Gasteiger partial charge in [-0.25, -0.2) is 9.78 Å². The first kappa shape index (κ1) is 17.0. The van der Waals surface area contributed by atoms with E-state index in [1.54, 1.807) is 18.3 Å². The second kappa shape index (κ2) is 6.35. The molecule has 4 amide bonds. The third kappa shape index (κ3) is 2.74. The molecular formula is C18H20N4O3S. The summed E-state index contributed by atoms with van der Waals surface area (Å²) >= 11 is 1.58. The summed E-state index contributed by atoms with van der Waals surface area (Å²) < 4.78 is 0. The maximum absolute atomic E-state index is 12.7. The molecule has 0 bridgehead atoms. The number of amides is 4. The van der Waals surface area contributed by atoms with E-state index in [0.717, 1.165) is 58.4 Å². The molecule has 1 unspecified atom stereocenters. The van der Waals surface area contributed by atoms with Crippen molar-refractivity contribution >= 4 is 45.1 Å². The summed E-state index contributed by atoms with van der Waals surface area (Å²) in [6.07, 6.45) is 4.00. The standard InChI is InChI=1S/C18H20N4O3S/c1-9-8-26-17-14(9)15(11-5-3-4-6-12(11)19-17)20-13(23)7-22-10(2)16(24)21-18(22)25/h8,10H,3-7H2,1-2H3,(H,19,20,23)(H,21,24,25). The van der Waals surface area contributed by atoms with Crippen molar-refractivity contribution in [3.63, 3.8) is 0 Å². The van der Waals surface area contributed by atoms with Crippen LogP contribution in [0.15, 0.2) is 5.38 Å². The molecule has 2 N–H and O–H groups in total. The van der Waals surface area contributed by atoms with Gasteiger partial charge in [-0.2, -0.15) is 0 Å². The zero-order valence-electron chi connectivity index (χ0n) is 14.7. The monoisotopic (exact) mass is 372 g/mol. The number of hydrogen-bond donors (Lipinski definition) is 2. The summed E-state index contributed by atoms with van der Waals surface area (Å²) in [5.74, 6) is -0.673. The molecule has 0 saturated carbocycles. The Hall–Kier alpha value is -2.48. The van der Waals surface area contributed by atoms with Crippen LogP contribution in [0.3, 0.4) is 0 Å². The largest absolute Gasteiger partial charge is 0.325 e. The Morgan fingerprint density at radius 1 is 1.38 bits per heavy atom. The van der Waals surface area contributed by atoms with Gasteiger partial charge in [0.1, 0.15) is 17.4 Å². The number of imide groups is 1. The van der Waals surface area contributed by atoms with Gasteiger partial charge in [-0.1, -0.05) is 0 Å². The molecule has 26 heavy (non-hydrogen) atoms. The number of carbonyl (C=O) groups is 3. The summed E-state index contributed by atoms with van der Waals surface area (Å²) in [5.41, 5.74) is 4.08. The van der Waals surface area contributed by atoms with E-state index in [1.165, 1.54) is 4.90 Å². The third-order valence-corrected chi connectivity index (χ3v) is 6.09. The average Bonchev–Trinajstić information content (AvgIpc) is 3.09. The van der Waals surface area contributed by atoms with Crippen molar-refractivity contribution < 1.29 is 14.4 Å². The lowest BCUT2D eigenvalue weighted by molar-refractivity contribution is -0.121. The topological polar surface area (TPSA) is 91.4 Å². The van der Waals surface area contributed by atoms with Gasteiger partial charge in [0, 0.05) is 11.1 Å². The van der Waals surface area contributed by atoms with Crippen LogP contribution < -0.4 is 10.6 Å². The molecule has 3 heterocycles. The van der Waals surface area contributed by atoms with Crippen LogP contribution in [0.2, 0.25) is 0 Å². The first-order valence-electron chi connectivity index (χ1n) is 8.76. The van der Waals surface area contributed by atoms with Crippen LogP contribution >= 0.6 is 11.3 Å². The number of hydrogen-bond acceptors (Lipinski definition) is 5. The molecule has 1 fully saturated rings. The van der Waals surface area contributed by atoms with Gasteiger partial charge in [0.15, 0.2) is 0 Å². The Labute approximate surface area is 154 Å². The van der Waals surface area contributed by atoms with Gasteiger partial charge >= 0.3 is 6.03 Å². The fourth-order valence-electron chi connectivity index (χ4n) is 3.65. The Morgan fingerprint density at radius 3 is 2.88 bits per heavy atom. The highest BCUT2D eigenvalue weighted by Crippen LogP contribution is 2.37. The van der Waals surface area contributed by atoms with Gasteiger partial charge in [-0.05, 0) is 56.0 Å². The second-order valence-corrected chi connectivity index (χ2v) is 7.72. The zero-order chi connectivity index (χ0) is 18.4. The number of urea groups is 1. The van der Waals surface area contributed by atoms with Crippen LogP contribution in [0.5, 0.6) is 0 Å². The van der Waals surface area contributed by atoms with E-state index in [1.807, 2.05) is 12.3 Å². The normalized spacial score (nSPS) is 19.6. The molecule has 0 aromatic carbocycles. The van der Waals surface area contributed by atoms with E-state index in [4.69, 9.17) is 4.98 Å². The van der Waals surface area contributed by atoms with E-state index in [9.17, 15) is 14.4 Å². The number of nitrogens with zero attached hydrogens (tertiary/aromatic N) is 2. The number of anilines is 1. The molecule has 1 atom stereocenters. The van der Waals surface area contributed by atoms with Crippen molar-refractivity contribution in [1.82, 2.24) is 15.2 Å². The van der Waals surface area contributed by atoms with Crippen molar-refractivity contribution in [2.24, 2.45) is 0 Å². The third-order valence-electron chi connectivity index (χ3n) is 5.10. The van der Waals surface area contributed by atoms with Gasteiger partial charge < -0.3 is 10.2 Å². The van der Waals surface area contributed by atoms with Crippen molar-refractivity contribution in [1.29, 1.82) is 0 Å². The lowest BCUT2D eigenvalue weighted by Gasteiger charge is -2.22. The van der Waals surface area contributed by atoms with E-state index < -0.39 is 12.1 Å². The molecule has 2 aliphatic rings. The van der Waals surface area contributed by atoms with E-state index in [0.29, 0.717) is 0 Å². The van der Waals surface area contributed by atoms with Crippen molar-refractivity contribution in [2.75, 3.05) is 11.9 Å². The lowest BCUT2D eigenvalue weighted by Crippen LogP contribution is -2.39. The maximum atomic E-state index is 12.7. The highest BCUT2D eigenvalue weighted by atomic mass is 32.1. The summed E-state index contributed by atoms with van der Waals surface area (Å²) in [6.45, 7) is 3.48. The number of aromatic nitrogens is 1. The molecule has 0 spiro atoms. The number of carbonyl (C=O) groups excluding carboxylic acids is 3.